The molecule has 4 aliphatic rings. The van der Waals surface area contributed by atoms with E-state index in [4.69, 9.17) is 10.5 Å². The molecule has 2 aliphatic carbocycles. The topological polar surface area (TPSA) is 55.6 Å². The Bertz CT molecular complexity index is 419. The van der Waals surface area contributed by atoms with Gasteiger partial charge in [-0.05, 0) is 62.2 Å². The first-order chi connectivity index (χ1) is 10.7. The van der Waals surface area contributed by atoms with E-state index in [0.717, 1.165) is 52.0 Å². The number of likely N-dealkylation sites (tertiary alicyclic amines) is 1. The molecular weight excluding hydrogens is 276 g/mol. The molecule has 2 aliphatic heterocycles. The standard InChI is InChI=1S/C18H30N2O2/c19-16-13-2-1-3-14(16)11-15(10-13)17(21)20-7-4-18(12-20)5-8-22-9-6-18/h13-16H,1-12,19H2. The van der Waals surface area contributed by atoms with E-state index in [0.29, 0.717) is 29.2 Å². The Hall–Kier alpha value is -0.610. The van der Waals surface area contributed by atoms with Crippen molar-refractivity contribution >= 4 is 5.91 Å². The van der Waals surface area contributed by atoms with Crippen molar-refractivity contribution < 1.29 is 9.53 Å². The number of fused-ring (bicyclic) bond motifs is 2. The Morgan fingerprint density at radius 1 is 1.09 bits per heavy atom. The zero-order valence-corrected chi connectivity index (χ0v) is 13.6. The first-order valence-electron chi connectivity index (χ1n) is 9.29. The molecule has 4 heteroatoms. The average Bonchev–Trinajstić information content (AvgIpc) is 2.90. The lowest BCUT2D eigenvalue weighted by molar-refractivity contribution is -0.138. The molecule has 2 bridgehead atoms. The van der Waals surface area contributed by atoms with Crippen molar-refractivity contribution in [3.05, 3.63) is 0 Å². The van der Waals surface area contributed by atoms with Gasteiger partial charge < -0.3 is 15.4 Å². The van der Waals surface area contributed by atoms with E-state index in [1.54, 1.807) is 0 Å². The van der Waals surface area contributed by atoms with Gasteiger partial charge in [0, 0.05) is 38.3 Å². The van der Waals surface area contributed by atoms with Gasteiger partial charge >= 0.3 is 0 Å². The average molecular weight is 306 g/mol. The lowest BCUT2D eigenvalue weighted by atomic mass is 9.65. The van der Waals surface area contributed by atoms with E-state index >= 15 is 0 Å². The summed E-state index contributed by atoms with van der Waals surface area (Å²) in [5, 5.41) is 0. The molecule has 0 aromatic heterocycles. The molecule has 0 radical (unpaired) electrons. The summed E-state index contributed by atoms with van der Waals surface area (Å²) in [6.07, 6.45) is 9.34. The monoisotopic (exact) mass is 306 g/mol. The first kappa shape index (κ1) is 14.9. The van der Waals surface area contributed by atoms with Crippen LogP contribution in [0.4, 0.5) is 0 Å². The summed E-state index contributed by atoms with van der Waals surface area (Å²) in [5.41, 5.74) is 6.74. The molecular formula is C18H30N2O2. The Labute approximate surface area is 133 Å². The number of carbonyl (C=O) groups is 1. The van der Waals surface area contributed by atoms with Crippen molar-refractivity contribution in [2.24, 2.45) is 28.9 Å². The maximum atomic E-state index is 13.0. The van der Waals surface area contributed by atoms with Gasteiger partial charge in [0.2, 0.25) is 5.91 Å². The summed E-state index contributed by atoms with van der Waals surface area (Å²) in [6.45, 7) is 3.71. The van der Waals surface area contributed by atoms with Crippen LogP contribution in [0.25, 0.3) is 0 Å². The number of nitrogens with zero attached hydrogens (tertiary/aromatic N) is 1. The number of hydrogen-bond acceptors (Lipinski definition) is 3. The van der Waals surface area contributed by atoms with Gasteiger partial charge in [-0.2, -0.15) is 0 Å². The van der Waals surface area contributed by atoms with Gasteiger partial charge in [-0.1, -0.05) is 6.42 Å². The molecule has 22 heavy (non-hydrogen) atoms. The second-order valence-corrected chi connectivity index (χ2v) is 8.32. The number of amides is 1. The third kappa shape index (κ3) is 2.58. The smallest absolute Gasteiger partial charge is 0.225 e. The molecule has 2 unspecified atom stereocenters. The molecule has 4 nitrogen and oxygen atoms in total. The molecule has 4 fully saturated rings. The summed E-state index contributed by atoms with van der Waals surface area (Å²) in [6, 6.07) is 0.359. The van der Waals surface area contributed by atoms with Crippen molar-refractivity contribution in [3.8, 4) is 0 Å². The largest absolute Gasteiger partial charge is 0.381 e. The SMILES string of the molecule is NC1C2CCCC1CC(C(=O)N1CCC3(CCOCC3)C1)C2. The quantitative estimate of drug-likeness (QED) is 0.808. The summed E-state index contributed by atoms with van der Waals surface area (Å²) >= 11 is 0. The normalized spacial score (nSPS) is 40.9. The van der Waals surface area contributed by atoms with Gasteiger partial charge in [-0.3, -0.25) is 4.79 Å². The summed E-state index contributed by atoms with van der Waals surface area (Å²) in [5.74, 6) is 1.89. The van der Waals surface area contributed by atoms with Crippen LogP contribution in [0, 0.1) is 23.2 Å². The predicted molar refractivity (Wildman–Crippen MR) is 85.2 cm³/mol. The maximum Gasteiger partial charge on any atom is 0.225 e. The lowest BCUT2D eigenvalue weighted by Gasteiger charge is -2.44. The second kappa shape index (κ2) is 5.79. The third-order valence-electron chi connectivity index (χ3n) is 7.07. The highest BCUT2D eigenvalue weighted by molar-refractivity contribution is 5.79. The van der Waals surface area contributed by atoms with Gasteiger partial charge in [-0.25, -0.2) is 0 Å². The first-order valence-corrected chi connectivity index (χ1v) is 9.29. The van der Waals surface area contributed by atoms with Crippen molar-refractivity contribution in [2.45, 2.75) is 57.4 Å². The predicted octanol–water partition coefficient (Wildman–Crippen LogP) is 2.17. The molecule has 4 rings (SSSR count). The highest BCUT2D eigenvalue weighted by Crippen LogP contribution is 2.44. The van der Waals surface area contributed by atoms with Crippen molar-refractivity contribution in [2.75, 3.05) is 26.3 Å². The van der Waals surface area contributed by atoms with Crippen LogP contribution in [-0.2, 0) is 9.53 Å². The molecule has 0 aromatic rings. The Kier molecular flexibility index (Phi) is 3.93. The maximum absolute atomic E-state index is 13.0. The minimum atomic E-state index is 0.255. The fourth-order valence-corrected chi connectivity index (χ4v) is 5.58. The van der Waals surface area contributed by atoms with Crippen LogP contribution in [0.2, 0.25) is 0 Å². The molecule has 2 saturated heterocycles. The van der Waals surface area contributed by atoms with Crippen LogP contribution in [-0.4, -0.2) is 43.2 Å². The summed E-state index contributed by atoms with van der Waals surface area (Å²) in [7, 11) is 0. The number of rotatable bonds is 1. The van der Waals surface area contributed by atoms with E-state index in [1.165, 1.54) is 25.7 Å². The zero-order valence-electron chi connectivity index (χ0n) is 13.6. The Balaban J connectivity index is 1.40. The van der Waals surface area contributed by atoms with E-state index in [1.807, 2.05) is 0 Å². The highest BCUT2D eigenvalue weighted by atomic mass is 16.5. The van der Waals surface area contributed by atoms with E-state index in [9.17, 15) is 4.79 Å². The Morgan fingerprint density at radius 3 is 2.45 bits per heavy atom. The van der Waals surface area contributed by atoms with E-state index in [-0.39, 0.29) is 5.92 Å². The highest BCUT2D eigenvalue weighted by Gasteiger charge is 2.45. The van der Waals surface area contributed by atoms with Gasteiger partial charge in [0.25, 0.3) is 0 Å². The van der Waals surface area contributed by atoms with E-state index in [2.05, 4.69) is 4.90 Å². The van der Waals surface area contributed by atoms with Gasteiger partial charge in [0.1, 0.15) is 0 Å². The van der Waals surface area contributed by atoms with Crippen LogP contribution in [0.1, 0.15) is 51.4 Å². The van der Waals surface area contributed by atoms with Crippen LogP contribution in [0.15, 0.2) is 0 Å². The zero-order chi connectivity index (χ0) is 15.2. The molecule has 0 aromatic carbocycles. The van der Waals surface area contributed by atoms with Crippen LogP contribution in [0.5, 0.6) is 0 Å². The Morgan fingerprint density at radius 2 is 1.77 bits per heavy atom. The third-order valence-corrected chi connectivity index (χ3v) is 7.07. The minimum absolute atomic E-state index is 0.255. The molecule has 2 N–H and O–H groups in total. The minimum Gasteiger partial charge on any atom is -0.381 e. The fourth-order valence-electron chi connectivity index (χ4n) is 5.58. The molecule has 1 amide bonds. The summed E-state index contributed by atoms with van der Waals surface area (Å²) in [4.78, 5) is 15.2. The number of nitrogens with two attached hydrogens (primary N) is 1. The number of carbonyl (C=O) groups excluding carboxylic acids is 1. The van der Waals surface area contributed by atoms with Crippen LogP contribution < -0.4 is 5.73 Å². The summed E-state index contributed by atoms with van der Waals surface area (Å²) < 4.78 is 5.51. The van der Waals surface area contributed by atoms with Crippen molar-refractivity contribution in [1.82, 2.24) is 4.90 Å². The van der Waals surface area contributed by atoms with Crippen LogP contribution >= 0.6 is 0 Å². The van der Waals surface area contributed by atoms with Crippen LogP contribution in [0.3, 0.4) is 0 Å². The molecule has 1 spiro atoms. The van der Waals surface area contributed by atoms with Crippen molar-refractivity contribution in [1.29, 1.82) is 0 Å². The van der Waals surface area contributed by atoms with Crippen molar-refractivity contribution in [3.63, 3.8) is 0 Å². The van der Waals surface area contributed by atoms with Gasteiger partial charge in [0.05, 0.1) is 0 Å². The number of hydrogen-bond donors (Lipinski definition) is 1. The molecule has 2 atom stereocenters. The second-order valence-electron chi connectivity index (χ2n) is 8.32. The lowest BCUT2D eigenvalue weighted by Crippen LogP contribution is -2.49. The molecule has 124 valence electrons. The van der Waals surface area contributed by atoms with Gasteiger partial charge in [-0.15, -0.1) is 0 Å². The van der Waals surface area contributed by atoms with Gasteiger partial charge in [0.15, 0.2) is 0 Å². The number of ether oxygens (including phenoxy) is 1. The molecule has 2 saturated carbocycles. The molecule has 2 heterocycles. The van der Waals surface area contributed by atoms with E-state index < -0.39 is 0 Å². The fraction of sp³-hybridized carbons (Fsp3) is 0.944.